The minimum Gasteiger partial charge on any atom is -0.486 e. The van der Waals surface area contributed by atoms with Crippen molar-refractivity contribution in [3.05, 3.63) is 80.2 Å². The minimum absolute atomic E-state index is 0.0828. The predicted molar refractivity (Wildman–Crippen MR) is 135 cm³/mol. The van der Waals surface area contributed by atoms with Crippen molar-refractivity contribution in [3.8, 4) is 28.6 Å². The Labute approximate surface area is 211 Å². The van der Waals surface area contributed by atoms with Gasteiger partial charge in [-0.3, -0.25) is 9.59 Å². The molecule has 2 aromatic heterocycles. The van der Waals surface area contributed by atoms with Crippen LogP contribution in [0.1, 0.15) is 40.2 Å². The van der Waals surface area contributed by atoms with E-state index in [9.17, 15) is 9.59 Å². The zero-order valence-corrected chi connectivity index (χ0v) is 20.6. The Balaban J connectivity index is 1.64. The summed E-state index contributed by atoms with van der Waals surface area (Å²) in [4.78, 5) is 29.3. The second kappa shape index (κ2) is 9.20. The number of carbonyl (C=O) groups excluding carboxylic acids is 1. The number of hydrogen-bond donors (Lipinski definition) is 1. The molecule has 8 nitrogen and oxygen atoms in total. The second-order valence-electron chi connectivity index (χ2n) is 8.58. The monoisotopic (exact) mass is 506 g/mol. The molecule has 0 unspecified atom stereocenters. The number of ether oxygens (including phenoxy) is 3. The first-order chi connectivity index (χ1) is 17.2. The van der Waals surface area contributed by atoms with Crippen molar-refractivity contribution in [1.82, 2.24) is 4.98 Å². The Bertz CT molecular complexity index is 1580. The summed E-state index contributed by atoms with van der Waals surface area (Å²) in [6.07, 6.45) is -0.618. The molecule has 1 atom stereocenters. The number of pyridine rings is 1. The molecular formula is C27H23ClN2O6. The lowest BCUT2D eigenvalue weighted by Crippen LogP contribution is -2.17. The fraction of sp³-hybridized carbons (Fsp3) is 0.222. The van der Waals surface area contributed by atoms with Gasteiger partial charge in [0.2, 0.25) is 0 Å². The number of nitrogens with zero attached hydrogens (tertiary/aromatic N) is 1. The van der Waals surface area contributed by atoms with Gasteiger partial charge in [0.1, 0.15) is 35.8 Å². The number of hydrogen-bond acceptors (Lipinski definition) is 7. The third-order valence-corrected chi connectivity index (χ3v) is 6.21. The van der Waals surface area contributed by atoms with E-state index in [-0.39, 0.29) is 22.0 Å². The van der Waals surface area contributed by atoms with Crippen LogP contribution in [0.5, 0.6) is 17.2 Å². The van der Waals surface area contributed by atoms with Crippen LogP contribution in [0.15, 0.2) is 51.7 Å². The first-order valence-electron chi connectivity index (χ1n) is 11.3. The topological polar surface area (TPSA) is 114 Å². The van der Waals surface area contributed by atoms with E-state index in [0.717, 1.165) is 5.56 Å². The van der Waals surface area contributed by atoms with Gasteiger partial charge < -0.3 is 24.4 Å². The lowest BCUT2D eigenvalue weighted by atomic mass is 9.99. The van der Waals surface area contributed by atoms with Crippen LogP contribution < -0.4 is 25.4 Å². The summed E-state index contributed by atoms with van der Waals surface area (Å²) in [5.41, 5.74) is 8.27. The van der Waals surface area contributed by atoms with Gasteiger partial charge in [0.05, 0.1) is 5.39 Å². The molecule has 2 aromatic carbocycles. The third kappa shape index (κ3) is 4.24. The van der Waals surface area contributed by atoms with E-state index in [4.69, 9.17) is 36.0 Å². The molecule has 0 fully saturated rings. The van der Waals surface area contributed by atoms with E-state index in [0.29, 0.717) is 58.1 Å². The van der Waals surface area contributed by atoms with Crippen LogP contribution in [0.3, 0.4) is 0 Å². The van der Waals surface area contributed by atoms with E-state index >= 15 is 0 Å². The van der Waals surface area contributed by atoms with Gasteiger partial charge in [-0.05, 0) is 68.8 Å². The van der Waals surface area contributed by atoms with Crippen LogP contribution in [0.25, 0.3) is 22.3 Å². The Morgan fingerprint density at radius 3 is 2.58 bits per heavy atom. The molecule has 1 aliphatic rings. The van der Waals surface area contributed by atoms with Crippen molar-refractivity contribution in [2.75, 3.05) is 13.2 Å². The van der Waals surface area contributed by atoms with Gasteiger partial charge in [0.15, 0.2) is 28.4 Å². The molecule has 3 heterocycles. The normalized spacial score (nSPS) is 13.4. The minimum atomic E-state index is -0.767. The Morgan fingerprint density at radius 1 is 1.08 bits per heavy atom. The van der Waals surface area contributed by atoms with Crippen molar-refractivity contribution in [2.24, 2.45) is 5.73 Å². The molecule has 0 radical (unpaired) electrons. The number of nitrogens with two attached hydrogens (primary N) is 1. The molecule has 4 aromatic rings. The van der Waals surface area contributed by atoms with Crippen LogP contribution in [0.2, 0.25) is 5.15 Å². The van der Waals surface area contributed by atoms with E-state index < -0.39 is 12.0 Å². The fourth-order valence-corrected chi connectivity index (χ4v) is 4.43. The summed E-state index contributed by atoms with van der Waals surface area (Å²) in [6, 6.07) is 12.1. The van der Waals surface area contributed by atoms with Crippen molar-refractivity contribution < 1.29 is 23.4 Å². The maximum atomic E-state index is 13.4. The molecule has 1 aliphatic heterocycles. The average Bonchev–Trinajstić information content (AvgIpc) is 2.86. The highest BCUT2D eigenvalue weighted by Crippen LogP contribution is 2.37. The van der Waals surface area contributed by atoms with Gasteiger partial charge in [-0.25, -0.2) is 4.98 Å². The number of benzene rings is 2. The zero-order valence-electron chi connectivity index (χ0n) is 19.9. The van der Waals surface area contributed by atoms with E-state index in [1.165, 1.54) is 12.1 Å². The quantitative estimate of drug-likeness (QED) is 0.373. The molecule has 2 N–H and O–H groups in total. The molecule has 0 spiro atoms. The highest BCUT2D eigenvalue weighted by atomic mass is 35.5. The first-order valence-corrected chi connectivity index (χ1v) is 11.7. The van der Waals surface area contributed by atoms with Crippen molar-refractivity contribution in [1.29, 1.82) is 0 Å². The molecule has 5 rings (SSSR count). The zero-order chi connectivity index (χ0) is 25.6. The summed E-state index contributed by atoms with van der Waals surface area (Å²) >= 11 is 5.92. The number of aryl methyl sites for hydroxylation is 1. The van der Waals surface area contributed by atoms with Gasteiger partial charge >= 0.3 is 0 Å². The average molecular weight is 507 g/mol. The first kappa shape index (κ1) is 23.7. The lowest BCUT2D eigenvalue weighted by molar-refractivity contribution is 0.0988. The van der Waals surface area contributed by atoms with Gasteiger partial charge in [-0.1, -0.05) is 11.6 Å². The number of primary amides is 1. The third-order valence-electron chi connectivity index (χ3n) is 6.00. The summed E-state index contributed by atoms with van der Waals surface area (Å²) < 4.78 is 23.8. The van der Waals surface area contributed by atoms with Crippen LogP contribution in [0, 0.1) is 13.8 Å². The lowest BCUT2D eigenvalue weighted by Gasteiger charge is -2.20. The smallest absolute Gasteiger partial charge is 0.271 e. The number of aromatic nitrogens is 1. The molecule has 0 saturated heterocycles. The molecule has 0 aliphatic carbocycles. The largest absolute Gasteiger partial charge is 0.486 e. The Morgan fingerprint density at radius 2 is 1.83 bits per heavy atom. The van der Waals surface area contributed by atoms with Gasteiger partial charge in [-0.2, -0.15) is 0 Å². The standard InChI is InChI=1S/C27H23ClN2O6/c1-13-10-17(15(3)35-20-6-7-22(28)30-23(20)27(29)32)26-18(11-13)24(31)14(2)25(36-26)16-4-5-19-21(12-16)34-9-8-33-19/h4-7,10-12,15H,8-9H2,1-3H3,(H2,29,32)/t15-/m1/s1. The van der Waals surface area contributed by atoms with Gasteiger partial charge in [-0.15, -0.1) is 0 Å². The molecule has 36 heavy (non-hydrogen) atoms. The van der Waals surface area contributed by atoms with Crippen molar-refractivity contribution in [2.45, 2.75) is 26.9 Å². The van der Waals surface area contributed by atoms with Gasteiger partial charge in [0.25, 0.3) is 5.91 Å². The molecule has 0 bridgehead atoms. The van der Waals surface area contributed by atoms with Crippen LogP contribution in [-0.4, -0.2) is 24.1 Å². The number of amides is 1. The highest BCUT2D eigenvalue weighted by molar-refractivity contribution is 6.29. The van der Waals surface area contributed by atoms with E-state index in [1.807, 2.05) is 19.1 Å². The molecule has 1 amide bonds. The molecule has 9 heteroatoms. The molecule has 0 saturated carbocycles. The Kier molecular flexibility index (Phi) is 6.05. The van der Waals surface area contributed by atoms with Crippen molar-refractivity contribution >= 4 is 28.5 Å². The van der Waals surface area contributed by atoms with Crippen LogP contribution >= 0.6 is 11.6 Å². The summed E-state index contributed by atoms with van der Waals surface area (Å²) in [6.45, 7) is 6.34. The highest BCUT2D eigenvalue weighted by Gasteiger charge is 2.23. The summed E-state index contributed by atoms with van der Waals surface area (Å²) in [5.74, 6) is 1.07. The summed E-state index contributed by atoms with van der Waals surface area (Å²) in [7, 11) is 0. The van der Waals surface area contributed by atoms with Crippen molar-refractivity contribution in [3.63, 3.8) is 0 Å². The molecule has 184 valence electrons. The summed E-state index contributed by atoms with van der Waals surface area (Å²) in [5, 5.41) is 0.555. The van der Waals surface area contributed by atoms with Crippen LogP contribution in [-0.2, 0) is 0 Å². The number of fused-ring (bicyclic) bond motifs is 2. The molecular weight excluding hydrogens is 484 g/mol. The maximum absolute atomic E-state index is 13.4. The van der Waals surface area contributed by atoms with Crippen LogP contribution in [0.4, 0.5) is 0 Å². The Hall–Kier alpha value is -4.04. The number of rotatable bonds is 5. The maximum Gasteiger partial charge on any atom is 0.271 e. The number of halogens is 1. The SMILES string of the molecule is Cc1cc([C@@H](C)Oc2ccc(Cl)nc2C(N)=O)c2oc(-c3ccc4c(c3)OCCO4)c(C)c(=O)c2c1. The van der Waals surface area contributed by atoms with E-state index in [1.54, 1.807) is 32.0 Å². The second-order valence-corrected chi connectivity index (χ2v) is 8.97. The van der Waals surface area contributed by atoms with Gasteiger partial charge in [0, 0.05) is 16.7 Å². The number of carbonyl (C=O) groups is 1. The predicted octanol–water partition coefficient (Wildman–Crippen LogP) is 5.14. The fourth-order valence-electron chi connectivity index (χ4n) is 4.28. The van der Waals surface area contributed by atoms with E-state index in [2.05, 4.69) is 4.98 Å².